The van der Waals surface area contributed by atoms with Gasteiger partial charge in [0.2, 0.25) is 0 Å². The molecular weight excluding hydrogens is 563 g/mol. The zero-order valence-electron chi connectivity index (χ0n) is 24.3. The number of hydrogen-bond donors (Lipinski definition) is 0. The average Bonchev–Trinajstić information content (AvgIpc) is 3.50. The molecule has 0 saturated heterocycles. The summed E-state index contributed by atoms with van der Waals surface area (Å²) in [6, 6.07) is 54.0. The van der Waals surface area contributed by atoms with Gasteiger partial charge in [-0.15, -0.1) is 0 Å². The van der Waals surface area contributed by atoms with Crippen molar-refractivity contribution in [1.29, 1.82) is 0 Å². The quantitative estimate of drug-likeness (QED) is 0.204. The van der Waals surface area contributed by atoms with Gasteiger partial charge in [0.05, 0.1) is 0 Å². The van der Waals surface area contributed by atoms with Crippen molar-refractivity contribution in [2.24, 2.45) is 0 Å². The van der Waals surface area contributed by atoms with Crippen LogP contribution in [0.1, 0.15) is 0 Å². The molecule has 0 aliphatic carbocycles. The van der Waals surface area contributed by atoms with Crippen molar-refractivity contribution in [3.05, 3.63) is 152 Å². The van der Waals surface area contributed by atoms with E-state index in [1.54, 1.807) is 0 Å². The normalized spacial score (nSPS) is 11.5. The van der Waals surface area contributed by atoms with Crippen LogP contribution in [0.4, 0.5) is 0 Å². The Kier molecular flexibility index (Phi) is 6.14. The molecule has 0 spiro atoms. The van der Waals surface area contributed by atoms with Crippen LogP contribution < -0.4 is 0 Å². The zero-order valence-corrected chi connectivity index (χ0v) is 25.1. The third kappa shape index (κ3) is 4.54. The molecule has 0 N–H and O–H groups in total. The molecule has 0 saturated carbocycles. The summed E-state index contributed by atoms with van der Waals surface area (Å²) >= 11 is 1.83. The number of thiophene rings is 1. The fourth-order valence-electron chi connectivity index (χ4n) is 6.48. The predicted molar refractivity (Wildman–Crippen MR) is 193 cm³/mol. The van der Waals surface area contributed by atoms with Gasteiger partial charge in [0.15, 0.2) is 0 Å². The molecular formula is C41H25BN2S. The first-order valence-electron chi connectivity index (χ1n) is 15.2. The molecule has 0 fully saturated rings. The Labute approximate surface area is 265 Å². The van der Waals surface area contributed by atoms with Gasteiger partial charge in [-0.3, -0.25) is 0 Å². The maximum atomic E-state index is 5.30. The molecule has 2 nitrogen and oxygen atoms in total. The Bertz CT molecular complexity index is 2550. The molecule has 0 bridgehead atoms. The summed E-state index contributed by atoms with van der Waals surface area (Å²) in [4.78, 5) is 10.5. The van der Waals surface area contributed by atoms with E-state index in [-0.39, 0.29) is 0 Å². The Morgan fingerprint density at radius 2 is 1.11 bits per heavy atom. The third-order valence-corrected chi connectivity index (χ3v) is 9.81. The van der Waals surface area contributed by atoms with Gasteiger partial charge >= 0.3 is 266 Å². The topological polar surface area (TPSA) is 25.8 Å². The van der Waals surface area contributed by atoms with Crippen molar-refractivity contribution >= 4 is 60.0 Å². The van der Waals surface area contributed by atoms with Gasteiger partial charge < -0.3 is 0 Å². The molecule has 2 aromatic heterocycles. The van der Waals surface area contributed by atoms with Crippen molar-refractivity contribution in [3.63, 3.8) is 0 Å². The molecule has 208 valence electrons. The van der Waals surface area contributed by atoms with Crippen LogP contribution in [-0.2, 0) is 0 Å². The molecule has 0 atom stereocenters. The van der Waals surface area contributed by atoms with Gasteiger partial charge in [-0.2, -0.15) is 0 Å². The second-order valence-electron chi connectivity index (χ2n) is 11.4. The number of aromatic nitrogens is 2. The summed E-state index contributed by atoms with van der Waals surface area (Å²) in [6.07, 6.45) is 0. The van der Waals surface area contributed by atoms with Crippen molar-refractivity contribution < 1.29 is 0 Å². The summed E-state index contributed by atoms with van der Waals surface area (Å²) in [5.41, 5.74) is 7.44. The van der Waals surface area contributed by atoms with E-state index in [4.69, 9.17) is 9.97 Å². The van der Waals surface area contributed by atoms with Crippen LogP contribution >= 0.6 is 11.3 Å². The van der Waals surface area contributed by atoms with Crippen LogP contribution in [0.15, 0.2) is 152 Å². The molecule has 0 aliphatic heterocycles. The maximum absolute atomic E-state index is 5.30. The van der Waals surface area contributed by atoms with Crippen molar-refractivity contribution in [2.45, 2.75) is 0 Å². The molecule has 45 heavy (non-hydrogen) atoms. The predicted octanol–water partition coefficient (Wildman–Crippen LogP) is 11.2. The SMILES string of the molecule is b1c(-c2ccc3ccccc3c2)nc(-c2ccc3cccc(-c4ccccc4)c3c2)nc1-c1cccc2sc3ccccc3c12. The van der Waals surface area contributed by atoms with Crippen LogP contribution in [0.25, 0.3) is 86.5 Å². The second kappa shape index (κ2) is 10.6. The van der Waals surface area contributed by atoms with Crippen LogP contribution in [0, 0.1) is 0 Å². The average molecular weight is 589 g/mol. The number of fused-ring (bicyclic) bond motifs is 5. The molecule has 0 amide bonds. The summed E-state index contributed by atoms with van der Waals surface area (Å²) in [5, 5.41) is 7.30. The first-order chi connectivity index (χ1) is 22.3. The molecule has 0 radical (unpaired) electrons. The molecule has 7 aromatic carbocycles. The monoisotopic (exact) mass is 588 g/mol. The van der Waals surface area contributed by atoms with E-state index < -0.39 is 0 Å². The van der Waals surface area contributed by atoms with Crippen LogP contribution in [-0.4, -0.2) is 16.9 Å². The zero-order chi connectivity index (χ0) is 29.7. The number of rotatable bonds is 4. The van der Waals surface area contributed by atoms with Gasteiger partial charge in [-0.1, -0.05) is 0 Å². The van der Waals surface area contributed by atoms with Crippen molar-refractivity contribution in [1.82, 2.24) is 9.97 Å². The Hall–Kier alpha value is -5.45. The van der Waals surface area contributed by atoms with Gasteiger partial charge in [-0.25, -0.2) is 0 Å². The van der Waals surface area contributed by atoms with Gasteiger partial charge in [0.25, 0.3) is 0 Å². The number of hydrogen-bond acceptors (Lipinski definition) is 3. The second-order valence-corrected chi connectivity index (χ2v) is 12.5. The molecule has 9 rings (SSSR count). The standard InChI is InChI=1S/C41H25BN2S/c1-2-11-27(12-3-1)32-16-8-14-28-21-23-31(25-35(28)32)41-43-39(30-22-20-26-10-4-5-13-29(26)24-30)42-40(44-41)34-17-9-19-37-38(34)33-15-6-7-18-36(33)45-37/h1-25H. The summed E-state index contributed by atoms with van der Waals surface area (Å²) < 4.78 is 2.55. The summed E-state index contributed by atoms with van der Waals surface area (Å²) in [7, 11) is 0. The number of benzene rings is 7. The number of nitrogens with zero attached hydrogens (tertiary/aromatic N) is 2. The van der Waals surface area contributed by atoms with E-state index >= 15 is 0 Å². The minimum absolute atomic E-state index is 0.719. The first kappa shape index (κ1) is 26.0. The Morgan fingerprint density at radius 3 is 2.04 bits per heavy atom. The Balaban J connectivity index is 1.30. The third-order valence-electron chi connectivity index (χ3n) is 8.68. The van der Waals surface area contributed by atoms with E-state index in [1.807, 2.05) is 11.3 Å². The first-order valence-corrected chi connectivity index (χ1v) is 16.0. The van der Waals surface area contributed by atoms with E-state index in [9.17, 15) is 0 Å². The van der Waals surface area contributed by atoms with Crippen LogP contribution in [0.5, 0.6) is 0 Å². The van der Waals surface area contributed by atoms with Gasteiger partial charge in [-0.05, 0) is 0 Å². The van der Waals surface area contributed by atoms with Crippen molar-refractivity contribution in [2.75, 3.05) is 0 Å². The summed E-state index contributed by atoms with van der Waals surface area (Å²) in [6.45, 7) is 2.16. The van der Waals surface area contributed by atoms with Gasteiger partial charge in [0.1, 0.15) is 0 Å². The molecule has 0 unspecified atom stereocenters. The minimum atomic E-state index is 0.719. The van der Waals surface area contributed by atoms with E-state index in [0.717, 1.165) is 33.7 Å². The van der Waals surface area contributed by atoms with Crippen molar-refractivity contribution in [3.8, 4) is 44.8 Å². The fourth-order valence-corrected chi connectivity index (χ4v) is 7.61. The fraction of sp³-hybridized carbons (Fsp3) is 0. The Morgan fingerprint density at radius 1 is 0.422 bits per heavy atom. The van der Waals surface area contributed by atoms with E-state index in [1.165, 1.54) is 52.8 Å². The van der Waals surface area contributed by atoms with Gasteiger partial charge in [0, 0.05) is 0 Å². The van der Waals surface area contributed by atoms with Crippen LogP contribution in [0.3, 0.4) is 0 Å². The summed E-state index contributed by atoms with van der Waals surface area (Å²) in [5.74, 6) is 0.719. The molecule has 4 heteroatoms. The molecule has 0 aliphatic rings. The van der Waals surface area contributed by atoms with Crippen LogP contribution in [0.2, 0.25) is 0 Å². The van der Waals surface area contributed by atoms with E-state index in [2.05, 4.69) is 159 Å². The molecule has 9 aromatic rings. The van der Waals surface area contributed by atoms with E-state index in [0.29, 0.717) is 0 Å². The molecule has 2 heterocycles.